The van der Waals surface area contributed by atoms with E-state index in [1.165, 1.54) is 0 Å². The third-order valence-electron chi connectivity index (χ3n) is 2.54. The van der Waals surface area contributed by atoms with E-state index in [0.29, 0.717) is 17.9 Å². The van der Waals surface area contributed by atoms with Crippen LogP contribution in [0.5, 0.6) is 0 Å². The van der Waals surface area contributed by atoms with Gasteiger partial charge in [0.05, 0.1) is 17.8 Å². The van der Waals surface area contributed by atoms with Gasteiger partial charge in [0.2, 0.25) is 0 Å². The van der Waals surface area contributed by atoms with E-state index in [0.717, 1.165) is 11.4 Å². The number of carbonyl (C=O) groups is 1. The highest BCUT2D eigenvalue weighted by atomic mass is 16.5. The largest absolute Gasteiger partial charge is 0.387 e. The molecule has 0 aliphatic heterocycles. The average Bonchev–Trinajstić information content (AvgIpc) is 2.81. The first-order chi connectivity index (χ1) is 8.70. The number of carbonyl (C=O) groups excluding carboxylic acids is 1. The maximum absolute atomic E-state index is 12.0. The number of para-hydroxylation sites is 1. The van der Waals surface area contributed by atoms with Gasteiger partial charge in [0, 0.05) is 18.8 Å². The fraction of sp³-hybridized carbons (Fsp3) is 0.231. The molecule has 5 heteroatoms. The zero-order valence-electron chi connectivity index (χ0n) is 10.4. The predicted octanol–water partition coefficient (Wildman–Crippen LogP) is 1.95. The van der Waals surface area contributed by atoms with Crippen LogP contribution < -0.4 is 10.6 Å². The molecule has 0 radical (unpaired) electrons. The van der Waals surface area contributed by atoms with E-state index in [1.807, 2.05) is 25.1 Å². The molecular weight excluding hydrogens is 230 g/mol. The van der Waals surface area contributed by atoms with Gasteiger partial charge in [0.25, 0.3) is 5.91 Å². The highest BCUT2D eigenvalue weighted by Gasteiger charge is 2.10. The molecular formula is C13H15N3O2. The maximum Gasteiger partial charge on any atom is 0.253 e. The normalized spacial score (nSPS) is 10.1. The maximum atomic E-state index is 12.0. The van der Waals surface area contributed by atoms with Crippen molar-refractivity contribution >= 4 is 11.6 Å². The molecule has 0 aliphatic rings. The summed E-state index contributed by atoms with van der Waals surface area (Å²) in [5, 5.41) is 9.54. The molecule has 0 spiro atoms. The van der Waals surface area contributed by atoms with Crippen LogP contribution >= 0.6 is 0 Å². The molecule has 2 N–H and O–H groups in total. The van der Waals surface area contributed by atoms with Crippen molar-refractivity contribution < 1.29 is 9.32 Å². The van der Waals surface area contributed by atoms with E-state index in [4.69, 9.17) is 4.52 Å². The van der Waals surface area contributed by atoms with E-state index in [1.54, 1.807) is 19.2 Å². The molecule has 18 heavy (non-hydrogen) atoms. The van der Waals surface area contributed by atoms with Crippen LogP contribution in [0.15, 0.2) is 34.9 Å². The molecule has 2 rings (SSSR count). The number of aryl methyl sites for hydroxylation is 1. The van der Waals surface area contributed by atoms with Gasteiger partial charge in [-0.1, -0.05) is 17.3 Å². The highest BCUT2D eigenvalue weighted by Crippen LogP contribution is 2.14. The van der Waals surface area contributed by atoms with Crippen LogP contribution in [0.2, 0.25) is 0 Å². The Morgan fingerprint density at radius 3 is 2.83 bits per heavy atom. The summed E-state index contributed by atoms with van der Waals surface area (Å²) in [5.74, 6) is 0.497. The quantitative estimate of drug-likeness (QED) is 0.864. The Labute approximate surface area is 105 Å². The average molecular weight is 245 g/mol. The molecule has 1 aromatic carbocycles. The molecule has 2 aromatic rings. The summed E-state index contributed by atoms with van der Waals surface area (Å²) in [7, 11) is 1.78. The minimum atomic E-state index is -0.144. The third kappa shape index (κ3) is 2.68. The van der Waals surface area contributed by atoms with Gasteiger partial charge in [-0.3, -0.25) is 4.79 Å². The molecule has 1 heterocycles. The van der Waals surface area contributed by atoms with Crippen molar-refractivity contribution in [2.75, 3.05) is 12.4 Å². The second-order valence-corrected chi connectivity index (χ2v) is 3.91. The van der Waals surface area contributed by atoms with Crippen molar-refractivity contribution in [1.82, 2.24) is 10.5 Å². The number of anilines is 1. The minimum absolute atomic E-state index is 0.144. The van der Waals surface area contributed by atoms with E-state index in [9.17, 15) is 4.79 Å². The van der Waals surface area contributed by atoms with Gasteiger partial charge in [-0.25, -0.2) is 0 Å². The molecule has 0 bridgehead atoms. The molecule has 0 atom stereocenters. The molecule has 0 saturated heterocycles. The summed E-state index contributed by atoms with van der Waals surface area (Å²) < 4.78 is 5.03. The third-order valence-corrected chi connectivity index (χ3v) is 2.54. The topological polar surface area (TPSA) is 67.2 Å². The van der Waals surface area contributed by atoms with Crippen LogP contribution in [-0.2, 0) is 6.54 Å². The lowest BCUT2D eigenvalue weighted by Gasteiger charge is -2.08. The molecule has 94 valence electrons. The number of nitrogens with one attached hydrogen (secondary N) is 2. The first kappa shape index (κ1) is 12.2. The molecule has 5 nitrogen and oxygen atoms in total. The Morgan fingerprint density at radius 1 is 1.39 bits per heavy atom. The zero-order chi connectivity index (χ0) is 13.0. The van der Waals surface area contributed by atoms with Crippen molar-refractivity contribution in [2.45, 2.75) is 13.5 Å². The lowest BCUT2D eigenvalue weighted by atomic mass is 10.1. The number of nitrogens with zero attached hydrogens (tertiary/aromatic N) is 1. The van der Waals surface area contributed by atoms with Gasteiger partial charge in [-0.15, -0.1) is 0 Å². The lowest BCUT2D eigenvalue weighted by molar-refractivity contribution is 0.0948. The van der Waals surface area contributed by atoms with Crippen molar-refractivity contribution in [3.05, 3.63) is 47.3 Å². The van der Waals surface area contributed by atoms with Gasteiger partial charge < -0.3 is 15.2 Å². The Bertz CT molecular complexity index is 549. The summed E-state index contributed by atoms with van der Waals surface area (Å²) in [4.78, 5) is 12.0. The number of rotatable bonds is 4. The first-order valence-corrected chi connectivity index (χ1v) is 5.68. The predicted molar refractivity (Wildman–Crippen MR) is 68.4 cm³/mol. The molecule has 1 aromatic heterocycles. The first-order valence-electron chi connectivity index (χ1n) is 5.68. The van der Waals surface area contributed by atoms with Gasteiger partial charge in [0.1, 0.15) is 0 Å². The van der Waals surface area contributed by atoms with Crippen LogP contribution in [0.1, 0.15) is 21.8 Å². The Hall–Kier alpha value is -2.30. The number of aromatic nitrogens is 1. The summed E-state index contributed by atoms with van der Waals surface area (Å²) in [6, 6.07) is 9.13. The lowest BCUT2D eigenvalue weighted by Crippen LogP contribution is -2.23. The number of hydrogen-bond acceptors (Lipinski definition) is 4. The standard InChI is InChI=1S/C13H15N3O2/c1-9-7-10(18-16-9)8-15-13(17)11-5-3-4-6-12(11)14-2/h3-7,14H,8H2,1-2H3,(H,15,17). The molecule has 0 saturated carbocycles. The monoisotopic (exact) mass is 245 g/mol. The molecule has 0 aliphatic carbocycles. The van der Waals surface area contributed by atoms with E-state index < -0.39 is 0 Å². The summed E-state index contributed by atoms with van der Waals surface area (Å²) >= 11 is 0. The second kappa shape index (κ2) is 5.35. The smallest absolute Gasteiger partial charge is 0.253 e. The number of hydrogen-bond donors (Lipinski definition) is 2. The van der Waals surface area contributed by atoms with Crippen LogP contribution in [0.4, 0.5) is 5.69 Å². The van der Waals surface area contributed by atoms with Gasteiger partial charge in [-0.2, -0.15) is 0 Å². The van der Waals surface area contributed by atoms with Crippen molar-refractivity contribution in [3.8, 4) is 0 Å². The fourth-order valence-electron chi connectivity index (χ4n) is 1.66. The van der Waals surface area contributed by atoms with Gasteiger partial charge in [0.15, 0.2) is 5.76 Å². The van der Waals surface area contributed by atoms with Gasteiger partial charge in [-0.05, 0) is 19.1 Å². The molecule has 0 fully saturated rings. The molecule has 0 unspecified atom stereocenters. The summed E-state index contributed by atoms with van der Waals surface area (Å²) in [6.07, 6.45) is 0. The molecule has 1 amide bonds. The van der Waals surface area contributed by atoms with E-state index in [2.05, 4.69) is 15.8 Å². The Balaban J connectivity index is 2.03. The number of amides is 1. The van der Waals surface area contributed by atoms with Crippen LogP contribution in [0.3, 0.4) is 0 Å². The van der Waals surface area contributed by atoms with Crippen molar-refractivity contribution in [2.24, 2.45) is 0 Å². The zero-order valence-corrected chi connectivity index (χ0v) is 10.4. The summed E-state index contributed by atoms with van der Waals surface area (Å²) in [6.45, 7) is 2.17. The van der Waals surface area contributed by atoms with Crippen molar-refractivity contribution in [1.29, 1.82) is 0 Å². The second-order valence-electron chi connectivity index (χ2n) is 3.91. The van der Waals surface area contributed by atoms with Gasteiger partial charge >= 0.3 is 0 Å². The van der Waals surface area contributed by atoms with Crippen LogP contribution in [-0.4, -0.2) is 18.1 Å². The van der Waals surface area contributed by atoms with E-state index >= 15 is 0 Å². The fourth-order valence-corrected chi connectivity index (χ4v) is 1.66. The summed E-state index contributed by atoms with van der Waals surface area (Å²) in [5.41, 5.74) is 2.20. The van der Waals surface area contributed by atoms with Crippen LogP contribution in [0.25, 0.3) is 0 Å². The van der Waals surface area contributed by atoms with E-state index in [-0.39, 0.29) is 5.91 Å². The van der Waals surface area contributed by atoms with Crippen LogP contribution in [0, 0.1) is 6.92 Å². The number of benzene rings is 1. The van der Waals surface area contributed by atoms with Crippen molar-refractivity contribution in [3.63, 3.8) is 0 Å². The Morgan fingerprint density at radius 2 is 2.17 bits per heavy atom. The SMILES string of the molecule is CNc1ccccc1C(=O)NCc1cc(C)no1. The minimum Gasteiger partial charge on any atom is -0.387 e. The Kier molecular flexibility index (Phi) is 3.62. The highest BCUT2D eigenvalue weighted by molar-refractivity contribution is 5.99.